The van der Waals surface area contributed by atoms with Crippen molar-refractivity contribution in [2.45, 2.75) is 63.5 Å². The lowest BCUT2D eigenvalue weighted by Gasteiger charge is -2.48. The number of nitrogens with zero attached hydrogens (tertiary/aromatic N) is 5. The minimum Gasteiger partial charge on any atom is -0.355 e. The fourth-order valence-corrected chi connectivity index (χ4v) is 4.94. The molecule has 0 spiro atoms. The van der Waals surface area contributed by atoms with Gasteiger partial charge in [-0.15, -0.1) is 24.0 Å². The molecule has 2 aromatic heterocycles. The molecule has 170 valence electrons. The summed E-state index contributed by atoms with van der Waals surface area (Å²) in [4.78, 5) is 11.7. The standard InChI is InChI=1S/C23H35N7.HI/c1-24-22(26-18-20-9-13-25-21(17-20)30-16-8-12-28-30)27-19-23(10-4-2-5-11-23)29-14-6-3-7-15-29;/h8-9,12-13,16-17H,2-7,10-11,14-15,18-19H2,1H3,(H2,24,26,27);1H. The highest BCUT2D eigenvalue weighted by atomic mass is 127. The monoisotopic (exact) mass is 537 g/mol. The van der Waals surface area contributed by atoms with Crippen LogP contribution in [0.4, 0.5) is 0 Å². The largest absolute Gasteiger partial charge is 0.355 e. The van der Waals surface area contributed by atoms with Crippen LogP contribution in [0, 0.1) is 0 Å². The third-order valence-corrected chi connectivity index (χ3v) is 6.63. The lowest BCUT2D eigenvalue weighted by Crippen LogP contribution is -2.59. The number of aliphatic imine (C=N–C) groups is 1. The van der Waals surface area contributed by atoms with Gasteiger partial charge in [-0.25, -0.2) is 9.67 Å². The molecule has 4 rings (SSSR count). The third kappa shape index (κ3) is 6.19. The zero-order valence-corrected chi connectivity index (χ0v) is 20.9. The molecule has 8 heteroatoms. The van der Waals surface area contributed by atoms with Gasteiger partial charge < -0.3 is 10.6 Å². The summed E-state index contributed by atoms with van der Waals surface area (Å²) in [7, 11) is 1.85. The van der Waals surface area contributed by atoms with Crippen molar-refractivity contribution >= 4 is 29.9 Å². The van der Waals surface area contributed by atoms with E-state index in [1.165, 1.54) is 64.5 Å². The van der Waals surface area contributed by atoms with Crippen molar-refractivity contribution in [2.75, 3.05) is 26.7 Å². The van der Waals surface area contributed by atoms with Gasteiger partial charge >= 0.3 is 0 Å². The van der Waals surface area contributed by atoms with E-state index in [0.29, 0.717) is 12.1 Å². The lowest BCUT2D eigenvalue weighted by molar-refractivity contribution is 0.0368. The van der Waals surface area contributed by atoms with Crippen LogP contribution in [0.3, 0.4) is 0 Å². The Labute approximate surface area is 203 Å². The molecule has 0 bridgehead atoms. The number of hydrogen-bond donors (Lipinski definition) is 2. The van der Waals surface area contributed by atoms with Crippen LogP contribution in [0.2, 0.25) is 0 Å². The summed E-state index contributed by atoms with van der Waals surface area (Å²) < 4.78 is 1.78. The summed E-state index contributed by atoms with van der Waals surface area (Å²) in [5.74, 6) is 1.70. The summed E-state index contributed by atoms with van der Waals surface area (Å²) in [6, 6.07) is 6.00. The Morgan fingerprint density at radius 2 is 1.84 bits per heavy atom. The predicted molar refractivity (Wildman–Crippen MR) is 136 cm³/mol. The minimum atomic E-state index is 0. The number of aromatic nitrogens is 3. The van der Waals surface area contributed by atoms with Crippen molar-refractivity contribution in [2.24, 2.45) is 4.99 Å². The predicted octanol–water partition coefficient (Wildman–Crippen LogP) is 3.74. The maximum atomic E-state index is 4.48. The van der Waals surface area contributed by atoms with Crippen LogP contribution >= 0.6 is 24.0 Å². The molecule has 1 saturated carbocycles. The maximum Gasteiger partial charge on any atom is 0.191 e. The SMILES string of the molecule is CN=C(NCc1ccnc(-n2cccn2)c1)NCC1(N2CCCCC2)CCCCC1.I. The van der Waals surface area contributed by atoms with Gasteiger partial charge in [0.05, 0.1) is 0 Å². The molecule has 1 aliphatic heterocycles. The normalized spacial score (nSPS) is 19.5. The molecule has 0 aromatic carbocycles. The van der Waals surface area contributed by atoms with E-state index in [1.807, 2.05) is 31.6 Å². The summed E-state index contributed by atoms with van der Waals surface area (Å²) in [5.41, 5.74) is 1.45. The van der Waals surface area contributed by atoms with Crippen LogP contribution in [0.1, 0.15) is 56.9 Å². The molecule has 2 aliphatic rings. The van der Waals surface area contributed by atoms with E-state index in [1.54, 1.807) is 10.9 Å². The number of likely N-dealkylation sites (tertiary alicyclic amines) is 1. The molecule has 0 unspecified atom stereocenters. The van der Waals surface area contributed by atoms with E-state index >= 15 is 0 Å². The Morgan fingerprint density at radius 1 is 1.06 bits per heavy atom. The molecule has 2 aromatic rings. The molecular formula is C23H36IN7. The Kier molecular flexibility index (Phi) is 9.13. The van der Waals surface area contributed by atoms with Crippen molar-refractivity contribution in [3.8, 4) is 5.82 Å². The lowest BCUT2D eigenvalue weighted by atomic mass is 9.79. The number of pyridine rings is 1. The van der Waals surface area contributed by atoms with Gasteiger partial charge in [0, 0.05) is 44.3 Å². The summed E-state index contributed by atoms with van der Waals surface area (Å²) in [6.45, 7) is 4.18. The number of halogens is 1. The molecule has 3 heterocycles. The molecule has 0 amide bonds. The zero-order chi connectivity index (χ0) is 20.7. The maximum absolute atomic E-state index is 4.48. The highest BCUT2D eigenvalue weighted by Gasteiger charge is 2.38. The summed E-state index contributed by atoms with van der Waals surface area (Å²) >= 11 is 0. The molecule has 2 fully saturated rings. The molecule has 2 N–H and O–H groups in total. The van der Waals surface area contributed by atoms with E-state index in [4.69, 9.17) is 0 Å². The van der Waals surface area contributed by atoms with Gasteiger partial charge in [-0.3, -0.25) is 9.89 Å². The van der Waals surface area contributed by atoms with Crippen molar-refractivity contribution in [1.29, 1.82) is 0 Å². The molecule has 0 atom stereocenters. The number of nitrogens with one attached hydrogen (secondary N) is 2. The van der Waals surface area contributed by atoms with Crippen molar-refractivity contribution in [3.05, 3.63) is 42.4 Å². The smallest absolute Gasteiger partial charge is 0.191 e. The van der Waals surface area contributed by atoms with Gasteiger partial charge in [-0.2, -0.15) is 5.10 Å². The third-order valence-electron chi connectivity index (χ3n) is 6.63. The number of guanidine groups is 1. The van der Waals surface area contributed by atoms with Gasteiger partial charge in [0.1, 0.15) is 0 Å². The van der Waals surface area contributed by atoms with E-state index in [-0.39, 0.29) is 24.0 Å². The first-order valence-corrected chi connectivity index (χ1v) is 11.4. The van der Waals surface area contributed by atoms with Crippen LogP contribution in [-0.2, 0) is 6.54 Å². The van der Waals surface area contributed by atoms with Gasteiger partial charge in [0.15, 0.2) is 11.8 Å². The second-order valence-electron chi connectivity index (χ2n) is 8.58. The summed E-state index contributed by atoms with van der Waals surface area (Å²) in [6.07, 6.45) is 16.2. The van der Waals surface area contributed by atoms with Gasteiger partial charge in [-0.1, -0.05) is 25.7 Å². The average Bonchev–Trinajstić information content (AvgIpc) is 3.36. The Hall–Kier alpha value is -1.68. The number of piperidine rings is 1. The second kappa shape index (κ2) is 11.8. The number of rotatable bonds is 6. The Bertz CT molecular complexity index is 809. The first-order chi connectivity index (χ1) is 14.8. The fraction of sp³-hybridized carbons (Fsp3) is 0.609. The Balaban J connectivity index is 0.00000272. The molecule has 0 radical (unpaired) electrons. The zero-order valence-electron chi connectivity index (χ0n) is 18.6. The van der Waals surface area contributed by atoms with Crippen molar-refractivity contribution in [1.82, 2.24) is 30.3 Å². The highest BCUT2D eigenvalue weighted by molar-refractivity contribution is 14.0. The molecule has 7 nitrogen and oxygen atoms in total. The average molecular weight is 537 g/mol. The molecule has 1 aliphatic carbocycles. The van der Waals surface area contributed by atoms with Gasteiger partial charge in [-0.05, 0) is 62.5 Å². The molecule has 31 heavy (non-hydrogen) atoms. The quantitative estimate of drug-likeness (QED) is 0.334. The minimum absolute atomic E-state index is 0. The topological polar surface area (TPSA) is 70.4 Å². The van der Waals surface area contributed by atoms with E-state index in [0.717, 1.165) is 23.9 Å². The van der Waals surface area contributed by atoms with E-state index in [2.05, 4.69) is 36.7 Å². The van der Waals surface area contributed by atoms with Gasteiger partial charge in [0.25, 0.3) is 0 Å². The van der Waals surface area contributed by atoms with Crippen molar-refractivity contribution < 1.29 is 0 Å². The molecular weight excluding hydrogens is 501 g/mol. The first kappa shape index (κ1) is 24.0. The second-order valence-corrected chi connectivity index (χ2v) is 8.58. The van der Waals surface area contributed by atoms with Crippen LogP contribution in [0.15, 0.2) is 41.8 Å². The highest BCUT2D eigenvalue weighted by Crippen LogP contribution is 2.35. The van der Waals surface area contributed by atoms with E-state index in [9.17, 15) is 0 Å². The first-order valence-electron chi connectivity index (χ1n) is 11.4. The van der Waals surface area contributed by atoms with Gasteiger partial charge in [0.2, 0.25) is 0 Å². The van der Waals surface area contributed by atoms with Crippen LogP contribution < -0.4 is 10.6 Å². The van der Waals surface area contributed by atoms with Crippen molar-refractivity contribution in [3.63, 3.8) is 0 Å². The summed E-state index contributed by atoms with van der Waals surface area (Å²) in [5, 5.41) is 11.4. The Morgan fingerprint density at radius 3 is 2.55 bits per heavy atom. The van der Waals surface area contributed by atoms with Crippen LogP contribution in [-0.4, -0.2) is 57.8 Å². The molecule has 1 saturated heterocycles. The number of hydrogen-bond acceptors (Lipinski definition) is 4. The van der Waals surface area contributed by atoms with E-state index < -0.39 is 0 Å². The van der Waals surface area contributed by atoms with Crippen LogP contribution in [0.5, 0.6) is 0 Å². The fourth-order valence-electron chi connectivity index (χ4n) is 4.94. The van der Waals surface area contributed by atoms with Crippen LogP contribution in [0.25, 0.3) is 5.82 Å².